The van der Waals surface area contributed by atoms with Gasteiger partial charge < -0.3 is 14.2 Å². The van der Waals surface area contributed by atoms with E-state index >= 15 is 0 Å². The zero-order chi connectivity index (χ0) is 15.9. The van der Waals surface area contributed by atoms with Crippen molar-refractivity contribution in [3.8, 4) is 5.75 Å². The summed E-state index contributed by atoms with van der Waals surface area (Å²) in [7, 11) is 0. The third-order valence-electron chi connectivity index (χ3n) is 4.75. The SMILES string of the molecule is O=C1CCC(Oc2ccc(C3CC4(C3)OCCO4)cc2)C(=O)N1. The van der Waals surface area contributed by atoms with E-state index in [0.29, 0.717) is 37.7 Å². The Labute approximate surface area is 134 Å². The second-order valence-electron chi connectivity index (χ2n) is 6.34. The summed E-state index contributed by atoms with van der Waals surface area (Å²) in [6.45, 7) is 1.37. The predicted molar refractivity (Wildman–Crippen MR) is 79.9 cm³/mol. The van der Waals surface area contributed by atoms with Gasteiger partial charge in [-0.25, -0.2) is 0 Å². The summed E-state index contributed by atoms with van der Waals surface area (Å²) < 4.78 is 17.0. The monoisotopic (exact) mass is 317 g/mol. The first-order valence-corrected chi connectivity index (χ1v) is 8.02. The number of amides is 2. The van der Waals surface area contributed by atoms with Crippen LogP contribution in [0.5, 0.6) is 5.75 Å². The number of piperidine rings is 1. The van der Waals surface area contributed by atoms with Crippen molar-refractivity contribution in [1.29, 1.82) is 0 Å². The molecule has 1 aromatic carbocycles. The maximum Gasteiger partial charge on any atom is 0.267 e. The highest BCUT2D eigenvalue weighted by atomic mass is 16.7. The average molecular weight is 317 g/mol. The maximum absolute atomic E-state index is 11.7. The summed E-state index contributed by atoms with van der Waals surface area (Å²) in [6.07, 6.45) is 1.93. The molecule has 1 aromatic rings. The van der Waals surface area contributed by atoms with Crippen molar-refractivity contribution in [2.75, 3.05) is 13.2 Å². The molecule has 2 saturated heterocycles. The average Bonchev–Trinajstić information content (AvgIpc) is 2.99. The smallest absolute Gasteiger partial charge is 0.267 e. The lowest BCUT2D eigenvalue weighted by molar-refractivity contribution is -0.215. The van der Waals surface area contributed by atoms with Crippen LogP contribution in [0.15, 0.2) is 24.3 Å². The Kier molecular flexibility index (Phi) is 3.58. The van der Waals surface area contributed by atoms with Crippen LogP contribution >= 0.6 is 0 Å². The number of benzene rings is 1. The third kappa shape index (κ3) is 2.84. The minimum Gasteiger partial charge on any atom is -0.481 e. The van der Waals surface area contributed by atoms with Gasteiger partial charge in [0.15, 0.2) is 11.9 Å². The van der Waals surface area contributed by atoms with Gasteiger partial charge in [-0.2, -0.15) is 0 Å². The second-order valence-corrected chi connectivity index (χ2v) is 6.34. The number of hydrogen-bond acceptors (Lipinski definition) is 5. The fourth-order valence-corrected chi connectivity index (χ4v) is 3.43. The van der Waals surface area contributed by atoms with E-state index in [9.17, 15) is 9.59 Å². The standard InChI is InChI=1S/C17H19NO5/c19-15-6-5-14(16(20)18-15)23-13-3-1-11(2-4-13)12-9-17(10-12)21-7-8-22-17/h1-4,12,14H,5-10H2,(H,18,19,20). The molecule has 0 bridgehead atoms. The van der Waals surface area contributed by atoms with Crippen LogP contribution < -0.4 is 10.1 Å². The summed E-state index contributed by atoms with van der Waals surface area (Å²) in [5.74, 6) is 0.151. The van der Waals surface area contributed by atoms with Gasteiger partial charge in [0, 0.05) is 25.7 Å². The lowest BCUT2D eigenvalue weighted by atomic mass is 9.74. The van der Waals surface area contributed by atoms with E-state index in [4.69, 9.17) is 14.2 Å². The van der Waals surface area contributed by atoms with Gasteiger partial charge in [0.05, 0.1) is 13.2 Å². The highest BCUT2D eigenvalue weighted by molar-refractivity contribution is 5.99. The summed E-state index contributed by atoms with van der Waals surface area (Å²) >= 11 is 0. The van der Waals surface area contributed by atoms with Crippen LogP contribution in [0.4, 0.5) is 0 Å². The minimum atomic E-state index is -0.592. The fraction of sp³-hybridized carbons (Fsp3) is 0.529. The molecule has 0 radical (unpaired) electrons. The van der Waals surface area contributed by atoms with E-state index in [2.05, 4.69) is 5.32 Å². The Morgan fingerprint density at radius 2 is 1.78 bits per heavy atom. The number of rotatable bonds is 3. The van der Waals surface area contributed by atoms with Crippen LogP contribution in [0.1, 0.15) is 37.2 Å². The summed E-state index contributed by atoms with van der Waals surface area (Å²) in [5, 5.41) is 2.29. The van der Waals surface area contributed by atoms with Gasteiger partial charge in [0.1, 0.15) is 5.75 Å². The Balaban J connectivity index is 1.35. The number of hydrogen-bond donors (Lipinski definition) is 1. The molecule has 1 atom stereocenters. The zero-order valence-corrected chi connectivity index (χ0v) is 12.7. The Morgan fingerprint density at radius 1 is 1.09 bits per heavy atom. The predicted octanol–water partition coefficient (Wildman–Crippen LogP) is 1.49. The van der Waals surface area contributed by atoms with Gasteiger partial charge in [-0.05, 0) is 23.6 Å². The molecule has 4 rings (SSSR count). The second kappa shape index (κ2) is 5.62. The van der Waals surface area contributed by atoms with Crippen LogP contribution in [-0.2, 0) is 19.1 Å². The minimum absolute atomic E-state index is 0.236. The lowest BCUT2D eigenvalue weighted by Crippen LogP contribution is -2.46. The zero-order valence-electron chi connectivity index (χ0n) is 12.7. The van der Waals surface area contributed by atoms with Crippen molar-refractivity contribution in [3.05, 3.63) is 29.8 Å². The maximum atomic E-state index is 11.7. The van der Waals surface area contributed by atoms with Crippen LogP contribution in [0.3, 0.4) is 0 Å². The van der Waals surface area contributed by atoms with Gasteiger partial charge in [-0.15, -0.1) is 0 Å². The van der Waals surface area contributed by atoms with E-state index in [1.807, 2.05) is 24.3 Å². The molecule has 1 aliphatic carbocycles. The Bertz CT molecular complexity index is 612. The molecule has 6 nitrogen and oxygen atoms in total. The molecule has 3 fully saturated rings. The highest BCUT2D eigenvalue weighted by Gasteiger charge is 2.49. The fourth-order valence-electron chi connectivity index (χ4n) is 3.43. The van der Waals surface area contributed by atoms with Gasteiger partial charge in [-0.1, -0.05) is 12.1 Å². The van der Waals surface area contributed by atoms with Crippen LogP contribution in [0.2, 0.25) is 0 Å². The summed E-state index contributed by atoms with van der Waals surface area (Å²) in [6, 6.07) is 7.79. The van der Waals surface area contributed by atoms with E-state index < -0.39 is 6.10 Å². The van der Waals surface area contributed by atoms with Crippen molar-refractivity contribution in [1.82, 2.24) is 5.32 Å². The van der Waals surface area contributed by atoms with Crippen molar-refractivity contribution in [2.24, 2.45) is 0 Å². The van der Waals surface area contributed by atoms with Gasteiger partial charge in [0.25, 0.3) is 5.91 Å². The molecule has 3 aliphatic rings. The van der Waals surface area contributed by atoms with E-state index in [1.54, 1.807) is 0 Å². The van der Waals surface area contributed by atoms with Gasteiger partial charge >= 0.3 is 0 Å². The first-order chi connectivity index (χ1) is 11.1. The first-order valence-electron chi connectivity index (χ1n) is 8.02. The third-order valence-corrected chi connectivity index (χ3v) is 4.75. The molecule has 1 spiro atoms. The highest BCUT2D eigenvalue weighted by Crippen LogP contribution is 2.49. The number of carbonyl (C=O) groups excluding carboxylic acids is 2. The normalized spacial score (nSPS) is 26.9. The number of nitrogens with one attached hydrogen (secondary N) is 1. The van der Waals surface area contributed by atoms with E-state index in [-0.39, 0.29) is 17.6 Å². The molecule has 6 heteroatoms. The number of carbonyl (C=O) groups is 2. The van der Waals surface area contributed by atoms with Crippen molar-refractivity contribution >= 4 is 11.8 Å². The summed E-state index contributed by atoms with van der Waals surface area (Å²) in [4.78, 5) is 22.8. The van der Waals surface area contributed by atoms with E-state index in [1.165, 1.54) is 5.56 Å². The molecule has 2 heterocycles. The van der Waals surface area contributed by atoms with Crippen molar-refractivity contribution in [3.63, 3.8) is 0 Å². The molecule has 1 unspecified atom stereocenters. The molecule has 1 saturated carbocycles. The molecule has 23 heavy (non-hydrogen) atoms. The van der Waals surface area contributed by atoms with Gasteiger partial charge in [-0.3, -0.25) is 14.9 Å². The molecule has 0 aromatic heterocycles. The molecule has 122 valence electrons. The van der Waals surface area contributed by atoms with Crippen molar-refractivity contribution in [2.45, 2.75) is 43.5 Å². The number of ether oxygens (including phenoxy) is 3. The largest absolute Gasteiger partial charge is 0.481 e. The number of imide groups is 1. The Hall–Kier alpha value is -1.92. The van der Waals surface area contributed by atoms with Crippen LogP contribution in [-0.4, -0.2) is 36.9 Å². The van der Waals surface area contributed by atoms with E-state index in [0.717, 1.165) is 12.8 Å². The van der Waals surface area contributed by atoms with Crippen LogP contribution in [0, 0.1) is 0 Å². The lowest BCUT2D eigenvalue weighted by Gasteiger charge is -2.43. The molecule has 2 amide bonds. The topological polar surface area (TPSA) is 73.9 Å². The summed E-state index contributed by atoms with van der Waals surface area (Å²) in [5.41, 5.74) is 1.23. The van der Waals surface area contributed by atoms with Gasteiger partial charge in [0.2, 0.25) is 5.91 Å². The molecule has 2 aliphatic heterocycles. The first kappa shape index (κ1) is 14.7. The molecule has 1 N–H and O–H groups in total. The van der Waals surface area contributed by atoms with Crippen molar-refractivity contribution < 1.29 is 23.8 Å². The Morgan fingerprint density at radius 3 is 2.43 bits per heavy atom. The quantitative estimate of drug-likeness (QED) is 0.855. The molecular weight excluding hydrogens is 298 g/mol. The van der Waals surface area contributed by atoms with Crippen LogP contribution in [0.25, 0.3) is 0 Å². The molecular formula is C17H19NO5.